The maximum Gasteiger partial charge on any atom is 0.268 e. The zero-order valence-corrected chi connectivity index (χ0v) is 17.0. The number of aromatic nitrogens is 1. The Labute approximate surface area is 173 Å². The van der Waals surface area contributed by atoms with Crippen molar-refractivity contribution in [2.24, 2.45) is 0 Å². The first-order valence-corrected chi connectivity index (χ1v) is 9.97. The number of hydrogen-bond donors (Lipinski definition) is 1. The monoisotopic (exact) mass is 407 g/mol. The zero-order valence-electron chi connectivity index (χ0n) is 15.4. The molecule has 0 atom stereocenters. The Morgan fingerprint density at radius 2 is 1.93 bits per heavy atom. The number of carbonyl (C=O) groups is 1. The first-order chi connectivity index (χ1) is 13.5. The Hall–Kier alpha value is -2.94. The molecule has 140 valence electrons. The highest BCUT2D eigenvalue weighted by atomic mass is 35.5. The minimum absolute atomic E-state index is 0.0202. The number of rotatable bonds is 5. The number of anilines is 1. The van der Waals surface area contributed by atoms with Crippen LogP contribution in [0, 0.1) is 11.3 Å². The average molecular weight is 408 g/mol. The van der Waals surface area contributed by atoms with E-state index in [9.17, 15) is 10.1 Å². The van der Waals surface area contributed by atoms with Crippen LogP contribution < -0.4 is 5.32 Å². The highest BCUT2D eigenvalue weighted by Crippen LogP contribution is 2.30. The Morgan fingerprint density at radius 1 is 1.21 bits per heavy atom. The fourth-order valence-corrected chi connectivity index (χ4v) is 3.52. The molecular weight excluding hydrogens is 390 g/mol. The van der Waals surface area contributed by atoms with Gasteiger partial charge in [-0.25, -0.2) is 4.98 Å². The summed E-state index contributed by atoms with van der Waals surface area (Å²) in [5.74, 6) is -0.0653. The zero-order chi connectivity index (χ0) is 20.1. The number of amides is 1. The van der Waals surface area contributed by atoms with Crippen molar-refractivity contribution in [1.29, 1.82) is 5.26 Å². The SMILES string of the molecule is CC(C)c1ccc(/C=C(\C#N)C(=O)Nc2nc(-c3ccccc3Cl)cs2)cc1. The molecule has 0 aliphatic carbocycles. The summed E-state index contributed by atoms with van der Waals surface area (Å²) < 4.78 is 0. The van der Waals surface area contributed by atoms with Gasteiger partial charge in [0.2, 0.25) is 0 Å². The topological polar surface area (TPSA) is 65.8 Å². The van der Waals surface area contributed by atoms with E-state index in [2.05, 4.69) is 24.1 Å². The molecule has 2 aromatic carbocycles. The highest BCUT2D eigenvalue weighted by molar-refractivity contribution is 7.14. The van der Waals surface area contributed by atoms with Gasteiger partial charge in [0.05, 0.1) is 5.69 Å². The normalized spacial score (nSPS) is 11.3. The second-order valence-electron chi connectivity index (χ2n) is 6.46. The summed E-state index contributed by atoms with van der Waals surface area (Å²) in [5.41, 5.74) is 3.49. The van der Waals surface area contributed by atoms with Crippen molar-refractivity contribution in [3.05, 3.63) is 75.6 Å². The Morgan fingerprint density at radius 3 is 2.57 bits per heavy atom. The van der Waals surface area contributed by atoms with Gasteiger partial charge in [-0.05, 0) is 29.2 Å². The van der Waals surface area contributed by atoms with Gasteiger partial charge in [0, 0.05) is 16.0 Å². The first-order valence-electron chi connectivity index (χ1n) is 8.71. The lowest BCUT2D eigenvalue weighted by atomic mass is 10.0. The third kappa shape index (κ3) is 4.66. The molecule has 28 heavy (non-hydrogen) atoms. The van der Waals surface area contributed by atoms with Crippen LogP contribution >= 0.6 is 22.9 Å². The third-order valence-corrected chi connectivity index (χ3v) is 5.24. The number of benzene rings is 2. The minimum atomic E-state index is -0.490. The lowest BCUT2D eigenvalue weighted by Crippen LogP contribution is -2.13. The van der Waals surface area contributed by atoms with Crippen LogP contribution in [0.5, 0.6) is 0 Å². The van der Waals surface area contributed by atoms with E-state index in [1.165, 1.54) is 16.9 Å². The van der Waals surface area contributed by atoms with Gasteiger partial charge in [0.1, 0.15) is 11.6 Å². The number of halogens is 1. The Kier molecular flexibility index (Phi) is 6.25. The van der Waals surface area contributed by atoms with Crippen molar-refractivity contribution in [2.75, 3.05) is 5.32 Å². The largest absolute Gasteiger partial charge is 0.297 e. The number of carbonyl (C=O) groups excluding carboxylic acids is 1. The van der Waals surface area contributed by atoms with Gasteiger partial charge in [-0.3, -0.25) is 10.1 Å². The summed E-state index contributed by atoms with van der Waals surface area (Å²) in [4.78, 5) is 16.9. The summed E-state index contributed by atoms with van der Waals surface area (Å²) in [5, 5.41) is 14.9. The van der Waals surface area contributed by atoms with E-state index >= 15 is 0 Å². The molecule has 3 rings (SSSR count). The van der Waals surface area contributed by atoms with Crippen LogP contribution in [0.2, 0.25) is 5.02 Å². The quantitative estimate of drug-likeness (QED) is 0.408. The van der Waals surface area contributed by atoms with Crippen LogP contribution in [-0.4, -0.2) is 10.9 Å². The van der Waals surface area contributed by atoms with Gasteiger partial charge in [-0.15, -0.1) is 11.3 Å². The summed E-state index contributed by atoms with van der Waals surface area (Å²) in [6, 6.07) is 17.1. The van der Waals surface area contributed by atoms with Crippen molar-refractivity contribution in [3.63, 3.8) is 0 Å². The van der Waals surface area contributed by atoms with Crippen molar-refractivity contribution >= 4 is 40.1 Å². The fraction of sp³-hybridized carbons (Fsp3) is 0.136. The second kappa shape index (κ2) is 8.83. The smallest absolute Gasteiger partial charge is 0.268 e. The molecule has 0 fully saturated rings. The van der Waals surface area contributed by atoms with E-state index in [1.807, 2.05) is 53.9 Å². The molecule has 1 amide bonds. The van der Waals surface area contributed by atoms with Crippen LogP contribution in [0.4, 0.5) is 5.13 Å². The van der Waals surface area contributed by atoms with Crippen LogP contribution in [-0.2, 0) is 4.79 Å². The lowest BCUT2D eigenvalue weighted by Gasteiger charge is -2.05. The van der Waals surface area contributed by atoms with E-state index in [0.717, 1.165) is 11.1 Å². The molecule has 0 aliphatic rings. The van der Waals surface area contributed by atoms with Crippen LogP contribution in [0.1, 0.15) is 30.9 Å². The van der Waals surface area contributed by atoms with Gasteiger partial charge in [0.25, 0.3) is 5.91 Å². The molecule has 0 spiro atoms. The van der Waals surface area contributed by atoms with E-state index in [1.54, 1.807) is 12.1 Å². The molecular formula is C22H18ClN3OS. The van der Waals surface area contributed by atoms with Crippen molar-refractivity contribution in [2.45, 2.75) is 19.8 Å². The third-order valence-electron chi connectivity index (χ3n) is 4.15. The van der Waals surface area contributed by atoms with E-state index in [0.29, 0.717) is 21.8 Å². The Balaban J connectivity index is 1.76. The van der Waals surface area contributed by atoms with Gasteiger partial charge in [-0.2, -0.15) is 5.26 Å². The highest BCUT2D eigenvalue weighted by Gasteiger charge is 2.13. The summed E-state index contributed by atoms with van der Waals surface area (Å²) in [6.07, 6.45) is 1.57. The Bertz CT molecular complexity index is 1060. The average Bonchev–Trinajstić information content (AvgIpc) is 3.14. The molecule has 0 bridgehead atoms. The summed E-state index contributed by atoms with van der Waals surface area (Å²) in [7, 11) is 0. The predicted octanol–water partition coefficient (Wildman–Crippen LogP) is 6.13. The summed E-state index contributed by atoms with van der Waals surface area (Å²) in [6.45, 7) is 4.23. The van der Waals surface area contributed by atoms with E-state index in [-0.39, 0.29) is 5.57 Å². The molecule has 0 saturated carbocycles. The molecule has 6 heteroatoms. The second-order valence-corrected chi connectivity index (χ2v) is 7.73. The van der Waals surface area contributed by atoms with Crippen molar-refractivity contribution in [3.8, 4) is 17.3 Å². The van der Waals surface area contributed by atoms with Crippen LogP contribution in [0.3, 0.4) is 0 Å². The van der Waals surface area contributed by atoms with Gasteiger partial charge in [0.15, 0.2) is 5.13 Å². The predicted molar refractivity (Wildman–Crippen MR) is 115 cm³/mol. The first kappa shape index (κ1) is 19.8. The van der Waals surface area contributed by atoms with Gasteiger partial charge >= 0.3 is 0 Å². The number of nitrogens with zero attached hydrogens (tertiary/aromatic N) is 2. The molecule has 0 saturated heterocycles. The molecule has 3 aromatic rings. The number of nitriles is 1. The standard InChI is InChI=1S/C22H18ClN3OS/c1-14(2)16-9-7-15(8-10-16)11-17(12-24)21(27)26-22-25-20(13-28-22)18-5-3-4-6-19(18)23/h3-11,13-14H,1-2H3,(H,25,26,27)/b17-11+. The van der Waals surface area contributed by atoms with E-state index in [4.69, 9.17) is 11.6 Å². The molecule has 0 unspecified atom stereocenters. The molecule has 1 heterocycles. The van der Waals surface area contributed by atoms with E-state index < -0.39 is 5.91 Å². The molecule has 1 aromatic heterocycles. The molecule has 0 radical (unpaired) electrons. The van der Waals surface area contributed by atoms with Gasteiger partial charge < -0.3 is 0 Å². The molecule has 1 N–H and O–H groups in total. The minimum Gasteiger partial charge on any atom is -0.297 e. The number of hydrogen-bond acceptors (Lipinski definition) is 4. The number of thiazole rings is 1. The lowest BCUT2D eigenvalue weighted by molar-refractivity contribution is -0.112. The van der Waals surface area contributed by atoms with Crippen molar-refractivity contribution in [1.82, 2.24) is 4.98 Å². The summed E-state index contributed by atoms with van der Waals surface area (Å²) >= 11 is 7.48. The van der Waals surface area contributed by atoms with Gasteiger partial charge in [-0.1, -0.05) is 67.9 Å². The maximum absolute atomic E-state index is 12.5. The number of nitrogens with one attached hydrogen (secondary N) is 1. The van der Waals surface area contributed by atoms with Crippen molar-refractivity contribution < 1.29 is 4.79 Å². The molecule has 4 nitrogen and oxygen atoms in total. The fourth-order valence-electron chi connectivity index (χ4n) is 2.58. The van der Waals surface area contributed by atoms with Crippen LogP contribution in [0.15, 0.2) is 59.5 Å². The maximum atomic E-state index is 12.5. The molecule has 0 aliphatic heterocycles. The van der Waals surface area contributed by atoms with Crippen LogP contribution in [0.25, 0.3) is 17.3 Å².